The molecule has 2 fully saturated rings. The van der Waals surface area contributed by atoms with Crippen molar-refractivity contribution in [3.8, 4) is 0 Å². The number of ketones is 2. The molecule has 3 aliphatic rings. The van der Waals surface area contributed by atoms with E-state index in [1.165, 1.54) is 19.9 Å². The molecule has 2 unspecified atom stereocenters. The highest BCUT2D eigenvalue weighted by Crippen LogP contribution is 2.46. The summed E-state index contributed by atoms with van der Waals surface area (Å²) in [6.45, 7) is 5.34. The van der Waals surface area contributed by atoms with E-state index in [9.17, 15) is 50.4 Å². The molecule has 1 aromatic rings. The van der Waals surface area contributed by atoms with E-state index in [1.807, 2.05) is 19.1 Å². The molecule has 0 saturated carbocycles. The van der Waals surface area contributed by atoms with E-state index in [1.54, 1.807) is 19.1 Å². The third-order valence-electron chi connectivity index (χ3n) is 8.85. The highest BCUT2D eigenvalue weighted by Gasteiger charge is 2.59. The second kappa shape index (κ2) is 12.8. The Bertz CT molecular complexity index is 1310. The van der Waals surface area contributed by atoms with Crippen LogP contribution in [0, 0.1) is 6.92 Å². The van der Waals surface area contributed by atoms with Crippen LogP contribution in [0.5, 0.6) is 0 Å². The Kier molecular flexibility index (Phi) is 9.89. The molecule has 2 saturated heterocycles. The van der Waals surface area contributed by atoms with Crippen LogP contribution in [-0.2, 0) is 19.1 Å². The molecule has 0 amide bonds. The van der Waals surface area contributed by atoms with Gasteiger partial charge in [0.2, 0.25) is 0 Å². The summed E-state index contributed by atoms with van der Waals surface area (Å²) < 4.78 is 11.6. The van der Waals surface area contributed by atoms with E-state index in [-0.39, 0.29) is 17.6 Å². The van der Waals surface area contributed by atoms with Crippen molar-refractivity contribution in [3.05, 3.63) is 63.8 Å². The summed E-state index contributed by atoms with van der Waals surface area (Å²) in [6.07, 6.45) is -13.8. The first-order chi connectivity index (χ1) is 20.2. The zero-order valence-corrected chi connectivity index (χ0v) is 24.4. The molecule has 2 heterocycles. The molecule has 0 spiro atoms. The number of hydrogen-bond donors (Lipinski definition) is 8. The highest BCUT2D eigenvalue weighted by molar-refractivity contribution is 6.31. The summed E-state index contributed by atoms with van der Waals surface area (Å²) in [5.74, 6) is -1.80. The highest BCUT2D eigenvalue weighted by atomic mass is 16.6. The van der Waals surface area contributed by atoms with Crippen LogP contribution in [0.25, 0.3) is 6.08 Å². The largest absolute Gasteiger partial charge is 0.394 e. The maximum absolute atomic E-state index is 14.1. The van der Waals surface area contributed by atoms with Gasteiger partial charge >= 0.3 is 0 Å². The Morgan fingerprint density at radius 3 is 2.00 bits per heavy atom. The van der Waals surface area contributed by atoms with E-state index < -0.39 is 96.0 Å². The summed E-state index contributed by atoms with van der Waals surface area (Å²) >= 11 is 0. The van der Waals surface area contributed by atoms with Gasteiger partial charge in [-0.3, -0.25) is 9.59 Å². The van der Waals surface area contributed by atoms with Crippen molar-refractivity contribution in [2.75, 3.05) is 6.61 Å². The molecule has 0 radical (unpaired) electrons. The summed E-state index contributed by atoms with van der Waals surface area (Å²) in [7, 11) is 0. The first kappa shape index (κ1) is 33.3. The van der Waals surface area contributed by atoms with E-state index in [0.29, 0.717) is 5.56 Å². The molecule has 2 aliphatic heterocycles. The van der Waals surface area contributed by atoms with Gasteiger partial charge < -0.3 is 50.3 Å². The molecule has 11 atom stereocenters. The fourth-order valence-corrected chi connectivity index (χ4v) is 6.13. The Labute approximate surface area is 248 Å². The normalized spacial score (nSPS) is 39.1. The molecule has 1 aromatic carbocycles. The third-order valence-corrected chi connectivity index (χ3v) is 8.85. The standard InChI is InChI=1S/C31H40O12/c1-5-18-22(34)26(38)28(40)30(43-18)31(41)14(3)20(17(33)11-10-16-8-6-13(2)7-9-16)24(36)21(15(31)4)29-27(39)25(37)23(35)19(12-32)42-29/h6-11,18-19,22-23,25-30,32,34-35,37-41H,5,12H2,1-4H3/b11-10+/t18-,19-,22-,23-,25+,26+,27-,28-,29?,30?,31-/m1/s1. The van der Waals surface area contributed by atoms with Crippen molar-refractivity contribution in [2.45, 2.75) is 101 Å². The SMILES string of the molecule is CC[C@H]1OC([C@@]2(O)C(C)=C(C(=O)/C=C/c3ccc(C)cc3)C(=O)C(C3O[C@H](CO)[C@@H](O)[C@H](O)[C@H]3O)=C2C)[C@H](O)[C@@H](O)[C@@H]1O. The molecule has 4 rings (SSSR count). The molecule has 12 nitrogen and oxygen atoms in total. The van der Waals surface area contributed by atoms with Crippen LogP contribution in [0.15, 0.2) is 52.6 Å². The molecule has 0 bridgehead atoms. The fourth-order valence-electron chi connectivity index (χ4n) is 6.13. The lowest BCUT2D eigenvalue weighted by Crippen LogP contribution is -2.66. The number of Topliss-reactive ketones (excluding diaryl/α,β-unsaturated/α-hetero) is 1. The zero-order valence-electron chi connectivity index (χ0n) is 24.4. The molecule has 8 N–H and O–H groups in total. The van der Waals surface area contributed by atoms with Gasteiger partial charge in [-0.2, -0.15) is 0 Å². The first-order valence-corrected chi connectivity index (χ1v) is 14.2. The monoisotopic (exact) mass is 604 g/mol. The van der Waals surface area contributed by atoms with E-state index >= 15 is 0 Å². The minimum atomic E-state index is -2.46. The topological polar surface area (TPSA) is 214 Å². The van der Waals surface area contributed by atoms with Crippen LogP contribution < -0.4 is 0 Å². The van der Waals surface area contributed by atoms with Crippen molar-refractivity contribution in [3.63, 3.8) is 0 Å². The second-order valence-corrected chi connectivity index (χ2v) is 11.5. The van der Waals surface area contributed by atoms with Crippen molar-refractivity contribution in [1.82, 2.24) is 0 Å². The van der Waals surface area contributed by atoms with Crippen LogP contribution in [0.4, 0.5) is 0 Å². The van der Waals surface area contributed by atoms with Crippen molar-refractivity contribution in [1.29, 1.82) is 0 Å². The van der Waals surface area contributed by atoms with Gasteiger partial charge in [0.15, 0.2) is 11.6 Å². The fraction of sp³-hybridized carbons (Fsp3) is 0.548. The van der Waals surface area contributed by atoms with Crippen molar-refractivity contribution < 1.29 is 59.9 Å². The Balaban J connectivity index is 1.89. The molecule has 12 heteroatoms. The number of carbonyl (C=O) groups excluding carboxylic acids is 2. The summed E-state index contributed by atoms with van der Waals surface area (Å²) in [6, 6.07) is 7.17. The predicted octanol–water partition coefficient (Wildman–Crippen LogP) is -1.37. The Hall–Kier alpha value is -2.62. The van der Waals surface area contributed by atoms with Crippen LogP contribution in [0.3, 0.4) is 0 Å². The third kappa shape index (κ3) is 5.69. The van der Waals surface area contributed by atoms with Crippen LogP contribution in [0.1, 0.15) is 38.3 Å². The smallest absolute Gasteiger partial charge is 0.195 e. The lowest BCUT2D eigenvalue weighted by Gasteiger charge is -2.50. The number of allylic oxidation sites excluding steroid dienone is 2. The van der Waals surface area contributed by atoms with Gasteiger partial charge in [0.1, 0.15) is 60.5 Å². The van der Waals surface area contributed by atoms with Crippen molar-refractivity contribution >= 4 is 17.6 Å². The first-order valence-electron chi connectivity index (χ1n) is 14.2. The number of hydrogen-bond acceptors (Lipinski definition) is 12. The summed E-state index contributed by atoms with van der Waals surface area (Å²) in [4.78, 5) is 27.8. The van der Waals surface area contributed by atoms with Gasteiger partial charge in [0, 0.05) is 5.57 Å². The van der Waals surface area contributed by atoms with Gasteiger partial charge in [-0.1, -0.05) is 42.8 Å². The predicted molar refractivity (Wildman–Crippen MR) is 151 cm³/mol. The summed E-state index contributed by atoms with van der Waals surface area (Å²) in [5, 5.41) is 85.9. The number of ether oxygens (including phenoxy) is 2. The molecule has 236 valence electrons. The van der Waals surface area contributed by atoms with Gasteiger partial charge in [-0.05, 0) is 50.0 Å². The average molecular weight is 605 g/mol. The maximum atomic E-state index is 14.1. The van der Waals surface area contributed by atoms with Gasteiger partial charge in [0.25, 0.3) is 0 Å². The van der Waals surface area contributed by atoms with E-state index in [4.69, 9.17) is 9.47 Å². The van der Waals surface area contributed by atoms with Gasteiger partial charge in [-0.25, -0.2) is 0 Å². The number of aryl methyl sites for hydroxylation is 1. The van der Waals surface area contributed by atoms with E-state index in [0.717, 1.165) is 11.6 Å². The van der Waals surface area contributed by atoms with Crippen LogP contribution >= 0.6 is 0 Å². The number of aliphatic hydroxyl groups is 8. The second-order valence-electron chi connectivity index (χ2n) is 11.5. The lowest BCUT2D eigenvalue weighted by atomic mass is 9.67. The molecule has 1 aliphatic carbocycles. The average Bonchev–Trinajstić information content (AvgIpc) is 2.98. The van der Waals surface area contributed by atoms with Gasteiger partial charge in [0.05, 0.1) is 18.3 Å². The number of rotatable bonds is 7. The molecular weight excluding hydrogens is 564 g/mol. The number of carbonyl (C=O) groups is 2. The minimum Gasteiger partial charge on any atom is -0.394 e. The number of aliphatic hydroxyl groups excluding tert-OH is 7. The zero-order chi connectivity index (χ0) is 32.0. The van der Waals surface area contributed by atoms with Crippen LogP contribution in [-0.4, -0.2) is 126 Å². The van der Waals surface area contributed by atoms with Gasteiger partial charge in [-0.15, -0.1) is 0 Å². The van der Waals surface area contributed by atoms with Crippen molar-refractivity contribution in [2.24, 2.45) is 0 Å². The Morgan fingerprint density at radius 1 is 0.837 bits per heavy atom. The maximum Gasteiger partial charge on any atom is 0.195 e. The minimum absolute atomic E-state index is 0.173. The summed E-state index contributed by atoms with van der Waals surface area (Å²) in [5.41, 5.74) is -2.26. The number of benzene rings is 1. The van der Waals surface area contributed by atoms with E-state index in [2.05, 4.69) is 0 Å². The molecule has 43 heavy (non-hydrogen) atoms. The van der Waals surface area contributed by atoms with Crippen LogP contribution in [0.2, 0.25) is 0 Å². The Morgan fingerprint density at radius 2 is 1.42 bits per heavy atom. The molecular formula is C31H40O12. The molecule has 0 aromatic heterocycles. The quantitative estimate of drug-likeness (QED) is 0.134. The lowest BCUT2D eigenvalue weighted by molar-refractivity contribution is -0.253.